The van der Waals surface area contributed by atoms with Crippen LogP contribution >= 0.6 is 0 Å². The SMILES string of the molecule is C[C@@H]1CCC[C@H](C)N1CC(=O)N1CCCNCC1. The smallest absolute Gasteiger partial charge is 0.236 e. The maximum atomic E-state index is 12.4. The van der Waals surface area contributed by atoms with Crippen LogP contribution in [0, 0.1) is 0 Å². The normalized spacial score (nSPS) is 31.1. The summed E-state index contributed by atoms with van der Waals surface area (Å²) in [5.74, 6) is 0.319. The first kappa shape index (κ1) is 13.8. The number of nitrogens with zero attached hydrogens (tertiary/aromatic N) is 2. The van der Waals surface area contributed by atoms with Gasteiger partial charge in [0.15, 0.2) is 0 Å². The molecule has 2 fully saturated rings. The maximum Gasteiger partial charge on any atom is 0.236 e. The van der Waals surface area contributed by atoms with E-state index in [1.807, 2.05) is 4.90 Å². The average Bonchev–Trinajstić information content (AvgIpc) is 2.62. The summed E-state index contributed by atoms with van der Waals surface area (Å²) in [5, 5.41) is 3.35. The van der Waals surface area contributed by atoms with Crippen molar-refractivity contribution in [2.45, 2.75) is 51.6 Å². The second-order valence-corrected chi connectivity index (χ2v) is 5.79. The van der Waals surface area contributed by atoms with Gasteiger partial charge in [0, 0.05) is 31.7 Å². The van der Waals surface area contributed by atoms with Gasteiger partial charge in [0.1, 0.15) is 0 Å². The van der Waals surface area contributed by atoms with Gasteiger partial charge >= 0.3 is 0 Å². The van der Waals surface area contributed by atoms with Crippen molar-refractivity contribution >= 4 is 5.91 Å². The minimum Gasteiger partial charge on any atom is -0.340 e. The number of hydrogen-bond donors (Lipinski definition) is 1. The summed E-state index contributed by atoms with van der Waals surface area (Å²) in [6, 6.07) is 1.12. The molecule has 0 unspecified atom stereocenters. The third-order valence-corrected chi connectivity index (χ3v) is 4.39. The van der Waals surface area contributed by atoms with Crippen LogP contribution in [0.3, 0.4) is 0 Å². The first-order valence-corrected chi connectivity index (χ1v) is 7.42. The molecular formula is C14H27N3O. The van der Waals surface area contributed by atoms with E-state index in [-0.39, 0.29) is 0 Å². The van der Waals surface area contributed by atoms with Crippen LogP contribution in [0.2, 0.25) is 0 Å². The highest BCUT2D eigenvalue weighted by molar-refractivity contribution is 5.78. The Balaban J connectivity index is 1.88. The molecule has 1 amide bonds. The number of carbonyl (C=O) groups is 1. The number of piperidine rings is 1. The number of amides is 1. The largest absolute Gasteiger partial charge is 0.340 e. The third-order valence-electron chi connectivity index (χ3n) is 4.39. The van der Waals surface area contributed by atoms with Crippen LogP contribution in [-0.4, -0.2) is 60.5 Å². The predicted molar refractivity (Wildman–Crippen MR) is 73.5 cm³/mol. The molecule has 2 atom stereocenters. The fourth-order valence-electron chi connectivity index (χ4n) is 3.14. The zero-order valence-electron chi connectivity index (χ0n) is 11.8. The van der Waals surface area contributed by atoms with Crippen molar-refractivity contribution in [1.82, 2.24) is 15.1 Å². The van der Waals surface area contributed by atoms with Crippen molar-refractivity contribution in [3.63, 3.8) is 0 Å². The van der Waals surface area contributed by atoms with E-state index in [4.69, 9.17) is 0 Å². The molecule has 0 bridgehead atoms. The molecule has 104 valence electrons. The van der Waals surface area contributed by atoms with E-state index in [1.54, 1.807) is 0 Å². The summed E-state index contributed by atoms with van der Waals surface area (Å²) in [6.07, 6.45) is 4.86. The Bertz CT molecular complexity index is 264. The molecule has 2 aliphatic heterocycles. The Kier molecular flexibility index (Phi) is 5.01. The van der Waals surface area contributed by atoms with E-state index in [1.165, 1.54) is 19.3 Å². The van der Waals surface area contributed by atoms with Crippen LogP contribution in [0.1, 0.15) is 39.5 Å². The third kappa shape index (κ3) is 3.45. The van der Waals surface area contributed by atoms with Gasteiger partial charge in [0.2, 0.25) is 5.91 Å². The highest BCUT2D eigenvalue weighted by Gasteiger charge is 2.28. The van der Waals surface area contributed by atoms with E-state index in [0.717, 1.165) is 32.6 Å². The number of carbonyl (C=O) groups excluding carboxylic acids is 1. The number of hydrogen-bond acceptors (Lipinski definition) is 3. The first-order valence-electron chi connectivity index (χ1n) is 7.42. The molecule has 0 spiro atoms. The number of nitrogens with one attached hydrogen (secondary N) is 1. The van der Waals surface area contributed by atoms with Gasteiger partial charge in [-0.1, -0.05) is 6.42 Å². The Morgan fingerprint density at radius 3 is 2.56 bits per heavy atom. The van der Waals surface area contributed by atoms with Gasteiger partial charge in [-0.15, -0.1) is 0 Å². The fraction of sp³-hybridized carbons (Fsp3) is 0.929. The Hall–Kier alpha value is -0.610. The second kappa shape index (κ2) is 6.53. The van der Waals surface area contributed by atoms with E-state index < -0.39 is 0 Å². The summed E-state index contributed by atoms with van der Waals surface area (Å²) in [4.78, 5) is 16.8. The maximum absolute atomic E-state index is 12.4. The summed E-state index contributed by atoms with van der Waals surface area (Å²) < 4.78 is 0. The predicted octanol–water partition coefficient (Wildman–Crippen LogP) is 1.07. The molecule has 2 heterocycles. The minimum atomic E-state index is 0.319. The zero-order chi connectivity index (χ0) is 13.0. The van der Waals surface area contributed by atoms with E-state index in [0.29, 0.717) is 24.5 Å². The van der Waals surface area contributed by atoms with E-state index >= 15 is 0 Å². The topological polar surface area (TPSA) is 35.6 Å². The van der Waals surface area contributed by atoms with Gasteiger partial charge in [0.05, 0.1) is 6.54 Å². The van der Waals surface area contributed by atoms with Gasteiger partial charge in [0.25, 0.3) is 0 Å². The second-order valence-electron chi connectivity index (χ2n) is 5.79. The molecule has 2 saturated heterocycles. The molecule has 0 saturated carbocycles. The zero-order valence-corrected chi connectivity index (χ0v) is 11.8. The molecular weight excluding hydrogens is 226 g/mol. The first-order chi connectivity index (χ1) is 8.68. The molecule has 0 aromatic rings. The molecule has 0 radical (unpaired) electrons. The van der Waals surface area contributed by atoms with Gasteiger partial charge in [-0.05, 0) is 39.7 Å². The van der Waals surface area contributed by atoms with Crippen molar-refractivity contribution in [2.24, 2.45) is 0 Å². The highest BCUT2D eigenvalue weighted by Crippen LogP contribution is 2.22. The van der Waals surface area contributed by atoms with Gasteiger partial charge in [-0.2, -0.15) is 0 Å². The lowest BCUT2D eigenvalue weighted by atomic mass is 9.97. The monoisotopic (exact) mass is 253 g/mol. The average molecular weight is 253 g/mol. The van der Waals surface area contributed by atoms with Crippen LogP contribution in [-0.2, 0) is 4.79 Å². The molecule has 0 aromatic heterocycles. The lowest BCUT2D eigenvalue weighted by Crippen LogP contribution is -2.50. The van der Waals surface area contributed by atoms with Crippen LogP contribution < -0.4 is 5.32 Å². The van der Waals surface area contributed by atoms with Crippen molar-refractivity contribution in [2.75, 3.05) is 32.7 Å². The van der Waals surface area contributed by atoms with Crippen LogP contribution in [0.25, 0.3) is 0 Å². The highest BCUT2D eigenvalue weighted by atomic mass is 16.2. The molecule has 2 aliphatic rings. The molecule has 2 rings (SSSR count). The van der Waals surface area contributed by atoms with Crippen molar-refractivity contribution in [3.8, 4) is 0 Å². The van der Waals surface area contributed by atoms with Gasteiger partial charge in [-0.3, -0.25) is 9.69 Å². The molecule has 18 heavy (non-hydrogen) atoms. The Morgan fingerprint density at radius 2 is 1.83 bits per heavy atom. The summed E-state index contributed by atoms with van der Waals surface area (Å²) in [6.45, 7) is 8.90. The van der Waals surface area contributed by atoms with Gasteiger partial charge in [-0.25, -0.2) is 0 Å². The molecule has 0 aliphatic carbocycles. The summed E-state index contributed by atoms with van der Waals surface area (Å²) in [7, 11) is 0. The molecule has 1 N–H and O–H groups in total. The standard InChI is InChI=1S/C14H27N3O/c1-12-5-3-6-13(2)17(12)11-14(18)16-9-4-7-15-8-10-16/h12-13,15H,3-11H2,1-2H3/t12-,13+. The van der Waals surface area contributed by atoms with Crippen molar-refractivity contribution in [3.05, 3.63) is 0 Å². The van der Waals surface area contributed by atoms with Crippen LogP contribution in [0.5, 0.6) is 0 Å². The Morgan fingerprint density at radius 1 is 1.11 bits per heavy atom. The lowest BCUT2D eigenvalue weighted by molar-refractivity contribution is -0.133. The molecule has 0 aromatic carbocycles. The quantitative estimate of drug-likeness (QED) is 0.799. The fourth-order valence-corrected chi connectivity index (χ4v) is 3.14. The van der Waals surface area contributed by atoms with E-state index in [2.05, 4.69) is 24.1 Å². The van der Waals surface area contributed by atoms with Crippen LogP contribution in [0.4, 0.5) is 0 Å². The van der Waals surface area contributed by atoms with Gasteiger partial charge < -0.3 is 10.2 Å². The summed E-state index contributed by atoms with van der Waals surface area (Å²) >= 11 is 0. The molecule has 4 nitrogen and oxygen atoms in total. The minimum absolute atomic E-state index is 0.319. The van der Waals surface area contributed by atoms with E-state index in [9.17, 15) is 4.79 Å². The Labute approximate surface area is 111 Å². The number of likely N-dealkylation sites (tertiary alicyclic amines) is 1. The van der Waals surface area contributed by atoms with Crippen molar-refractivity contribution in [1.29, 1.82) is 0 Å². The number of rotatable bonds is 2. The van der Waals surface area contributed by atoms with Crippen LogP contribution in [0.15, 0.2) is 0 Å². The van der Waals surface area contributed by atoms with Crippen molar-refractivity contribution < 1.29 is 4.79 Å². The summed E-state index contributed by atoms with van der Waals surface area (Å²) in [5.41, 5.74) is 0. The molecule has 4 heteroatoms. The lowest BCUT2D eigenvalue weighted by Gasteiger charge is -2.39.